The summed E-state index contributed by atoms with van der Waals surface area (Å²) in [7, 11) is 1.63. The van der Waals surface area contributed by atoms with Gasteiger partial charge in [0, 0.05) is 11.9 Å². The van der Waals surface area contributed by atoms with Gasteiger partial charge in [-0.3, -0.25) is 10.9 Å². The highest BCUT2D eigenvalue weighted by molar-refractivity contribution is 7.80. The molecule has 5 nitrogen and oxygen atoms in total. The van der Waals surface area contributed by atoms with Gasteiger partial charge in [0.05, 0.1) is 7.11 Å². The molecule has 3 N–H and O–H groups in total. The predicted molar refractivity (Wildman–Crippen MR) is 80.2 cm³/mol. The largest absolute Gasteiger partial charge is 0.497 e. The van der Waals surface area contributed by atoms with Gasteiger partial charge in [0.25, 0.3) is 0 Å². The molecule has 0 radical (unpaired) electrons. The van der Waals surface area contributed by atoms with E-state index in [2.05, 4.69) is 21.2 Å². The molecule has 0 fully saturated rings. The summed E-state index contributed by atoms with van der Waals surface area (Å²) in [6, 6.07) is 13.1. The summed E-state index contributed by atoms with van der Waals surface area (Å²) in [6.07, 6.45) is 1.70. The SMILES string of the molecule is COc1ccc(NC(=S)NNc2ccccn2)cc1. The third-order valence-corrected chi connectivity index (χ3v) is 2.52. The first-order valence-corrected chi connectivity index (χ1v) is 6.07. The molecule has 0 amide bonds. The summed E-state index contributed by atoms with van der Waals surface area (Å²) in [5, 5.41) is 3.49. The third kappa shape index (κ3) is 4.11. The molecule has 0 aliphatic heterocycles. The topological polar surface area (TPSA) is 58.2 Å². The summed E-state index contributed by atoms with van der Waals surface area (Å²) in [5.74, 6) is 1.50. The number of hydrogen-bond donors (Lipinski definition) is 3. The van der Waals surface area contributed by atoms with Crippen molar-refractivity contribution >= 4 is 28.8 Å². The van der Waals surface area contributed by atoms with E-state index in [4.69, 9.17) is 17.0 Å². The number of hydrogen-bond acceptors (Lipinski definition) is 4. The van der Waals surface area contributed by atoms with E-state index in [0.717, 1.165) is 11.4 Å². The molecule has 0 unspecified atom stereocenters. The number of methoxy groups -OCH3 is 1. The van der Waals surface area contributed by atoms with Crippen LogP contribution in [0.1, 0.15) is 0 Å². The molecule has 0 bridgehead atoms. The maximum absolute atomic E-state index is 5.15. The highest BCUT2D eigenvalue weighted by Gasteiger charge is 1.98. The zero-order valence-electron chi connectivity index (χ0n) is 10.4. The quantitative estimate of drug-likeness (QED) is 0.588. The lowest BCUT2D eigenvalue weighted by molar-refractivity contribution is 0.415. The fourth-order valence-electron chi connectivity index (χ4n) is 1.39. The number of nitrogens with one attached hydrogen (secondary N) is 3. The van der Waals surface area contributed by atoms with Crippen LogP contribution >= 0.6 is 12.2 Å². The molecule has 6 heteroatoms. The van der Waals surface area contributed by atoms with E-state index in [-0.39, 0.29) is 0 Å². The van der Waals surface area contributed by atoms with Gasteiger partial charge >= 0.3 is 0 Å². The van der Waals surface area contributed by atoms with E-state index >= 15 is 0 Å². The molecule has 1 heterocycles. The summed E-state index contributed by atoms with van der Waals surface area (Å²) in [4.78, 5) is 4.10. The van der Waals surface area contributed by atoms with Crippen LogP contribution in [0, 0.1) is 0 Å². The summed E-state index contributed by atoms with van der Waals surface area (Å²) in [6.45, 7) is 0. The Labute approximate surface area is 117 Å². The second-order valence-electron chi connectivity index (χ2n) is 3.65. The van der Waals surface area contributed by atoms with Crippen molar-refractivity contribution in [1.29, 1.82) is 0 Å². The van der Waals surface area contributed by atoms with Gasteiger partial charge in [0.15, 0.2) is 5.11 Å². The van der Waals surface area contributed by atoms with Crippen LogP contribution < -0.4 is 20.9 Å². The number of hydrazine groups is 1. The molecule has 0 aliphatic carbocycles. The number of pyridine rings is 1. The molecule has 2 rings (SSSR count). The van der Waals surface area contributed by atoms with Gasteiger partial charge in [0.2, 0.25) is 0 Å². The van der Waals surface area contributed by atoms with Crippen molar-refractivity contribution < 1.29 is 4.74 Å². The number of aromatic nitrogens is 1. The summed E-state index contributed by atoms with van der Waals surface area (Å²) >= 11 is 5.15. The molecular weight excluding hydrogens is 260 g/mol. The summed E-state index contributed by atoms with van der Waals surface area (Å²) < 4.78 is 5.08. The summed E-state index contributed by atoms with van der Waals surface area (Å²) in [5.41, 5.74) is 6.63. The van der Waals surface area contributed by atoms with Crippen LogP contribution in [-0.2, 0) is 0 Å². The first-order chi connectivity index (χ1) is 9.28. The minimum absolute atomic E-state index is 0.454. The maximum Gasteiger partial charge on any atom is 0.189 e. The van der Waals surface area contributed by atoms with Crippen molar-refractivity contribution in [2.24, 2.45) is 0 Å². The van der Waals surface area contributed by atoms with Gasteiger partial charge in [0.1, 0.15) is 11.6 Å². The normalized spacial score (nSPS) is 9.53. The van der Waals surface area contributed by atoms with Gasteiger partial charge in [-0.1, -0.05) is 6.07 Å². The molecular formula is C13H14N4OS. The van der Waals surface area contributed by atoms with Crippen molar-refractivity contribution in [3.05, 3.63) is 48.7 Å². The zero-order valence-corrected chi connectivity index (χ0v) is 11.2. The van der Waals surface area contributed by atoms with Crippen molar-refractivity contribution in [2.75, 3.05) is 17.9 Å². The van der Waals surface area contributed by atoms with E-state index in [1.165, 1.54) is 0 Å². The highest BCUT2D eigenvalue weighted by atomic mass is 32.1. The molecule has 1 aromatic heterocycles. The van der Waals surface area contributed by atoms with E-state index in [1.54, 1.807) is 13.3 Å². The van der Waals surface area contributed by atoms with Crippen LogP contribution in [0.3, 0.4) is 0 Å². The number of anilines is 2. The second-order valence-corrected chi connectivity index (χ2v) is 4.06. The molecule has 19 heavy (non-hydrogen) atoms. The van der Waals surface area contributed by atoms with Crippen molar-refractivity contribution in [3.8, 4) is 5.75 Å². The fraction of sp³-hybridized carbons (Fsp3) is 0.0769. The predicted octanol–water partition coefficient (Wildman–Crippen LogP) is 2.40. The lowest BCUT2D eigenvalue weighted by Gasteiger charge is -2.12. The third-order valence-electron chi connectivity index (χ3n) is 2.32. The van der Waals surface area contributed by atoms with Gasteiger partial charge in [-0.25, -0.2) is 4.98 Å². The average Bonchev–Trinajstić information content (AvgIpc) is 2.47. The Kier molecular flexibility index (Phi) is 4.52. The molecule has 0 spiro atoms. The maximum atomic E-state index is 5.15. The van der Waals surface area contributed by atoms with Crippen molar-refractivity contribution in [1.82, 2.24) is 10.4 Å². The Morgan fingerprint density at radius 1 is 1.16 bits per heavy atom. The molecule has 98 valence electrons. The number of thiocarbonyl (C=S) groups is 1. The minimum atomic E-state index is 0.454. The second kappa shape index (κ2) is 6.55. The van der Waals surface area contributed by atoms with Gasteiger partial charge in [-0.15, -0.1) is 0 Å². The Morgan fingerprint density at radius 3 is 2.58 bits per heavy atom. The molecule has 2 aromatic rings. The Hall–Kier alpha value is -2.34. The monoisotopic (exact) mass is 274 g/mol. The standard InChI is InChI=1S/C13H14N4OS/c1-18-11-7-5-10(6-8-11)15-13(19)17-16-12-4-2-3-9-14-12/h2-9H,1H3,(H,14,16)(H2,15,17,19). The molecule has 0 atom stereocenters. The van der Waals surface area contributed by atoms with Crippen LogP contribution in [0.25, 0.3) is 0 Å². The van der Waals surface area contributed by atoms with Gasteiger partial charge < -0.3 is 10.1 Å². The Balaban J connectivity index is 1.83. The van der Waals surface area contributed by atoms with Crippen LogP contribution in [0.2, 0.25) is 0 Å². The van der Waals surface area contributed by atoms with E-state index < -0.39 is 0 Å². The van der Waals surface area contributed by atoms with Crippen LogP contribution in [0.5, 0.6) is 5.75 Å². The Bertz CT molecular complexity index is 530. The van der Waals surface area contributed by atoms with E-state index in [1.807, 2.05) is 42.5 Å². The minimum Gasteiger partial charge on any atom is -0.497 e. The molecule has 0 aliphatic rings. The van der Waals surface area contributed by atoms with Gasteiger partial charge in [-0.05, 0) is 48.6 Å². The molecule has 0 saturated carbocycles. The van der Waals surface area contributed by atoms with E-state index in [0.29, 0.717) is 10.9 Å². The average molecular weight is 274 g/mol. The number of nitrogens with zero attached hydrogens (tertiary/aromatic N) is 1. The van der Waals surface area contributed by atoms with E-state index in [9.17, 15) is 0 Å². The van der Waals surface area contributed by atoms with Crippen LogP contribution in [0.4, 0.5) is 11.5 Å². The fourth-order valence-corrected chi connectivity index (χ4v) is 1.56. The smallest absolute Gasteiger partial charge is 0.189 e. The lowest BCUT2D eigenvalue weighted by atomic mass is 10.3. The lowest BCUT2D eigenvalue weighted by Crippen LogP contribution is -2.33. The first kappa shape index (κ1) is 13.1. The Morgan fingerprint density at radius 2 is 1.95 bits per heavy atom. The molecule has 0 saturated heterocycles. The number of ether oxygens (including phenoxy) is 1. The van der Waals surface area contributed by atoms with Crippen LogP contribution in [-0.4, -0.2) is 17.2 Å². The zero-order chi connectivity index (χ0) is 13.5. The molecule has 1 aromatic carbocycles. The number of benzene rings is 1. The van der Waals surface area contributed by atoms with Crippen molar-refractivity contribution in [2.45, 2.75) is 0 Å². The number of rotatable bonds is 4. The van der Waals surface area contributed by atoms with Gasteiger partial charge in [-0.2, -0.15) is 0 Å². The van der Waals surface area contributed by atoms with Crippen molar-refractivity contribution in [3.63, 3.8) is 0 Å². The first-order valence-electron chi connectivity index (χ1n) is 5.66. The van der Waals surface area contributed by atoms with Crippen LogP contribution in [0.15, 0.2) is 48.7 Å². The highest BCUT2D eigenvalue weighted by Crippen LogP contribution is 2.14.